The first kappa shape index (κ1) is 23.6. The van der Waals surface area contributed by atoms with Crippen molar-refractivity contribution in [2.45, 2.75) is 24.3 Å². The maximum Gasteiger partial charge on any atom is 0.264 e. The lowest BCUT2D eigenvalue weighted by molar-refractivity contribution is -0.121. The molecule has 0 spiro atoms. The maximum absolute atomic E-state index is 12.8. The quantitative estimate of drug-likeness (QED) is 0.520. The monoisotopic (exact) mass is 472 g/mol. The molecule has 1 unspecified atom stereocenters. The standard InChI is InChI=1S/C24H25ClN2O4S/c1-17(19-6-12-22(31-3)13-7-19)26-24(28)16-18-4-10-21(11-5-18)27(2)32(29,30)23-14-8-20(25)9-15-23/h4-15,17H,16H2,1-3H3,(H,26,28). The molecular formula is C24H25ClN2O4S. The summed E-state index contributed by atoms with van der Waals surface area (Å²) in [6.07, 6.45) is 0.189. The van der Waals surface area contributed by atoms with Crippen molar-refractivity contribution in [3.8, 4) is 5.75 Å². The van der Waals surface area contributed by atoms with Gasteiger partial charge in [-0.05, 0) is 66.6 Å². The third kappa shape index (κ3) is 5.60. The van der Waals surface area contributed by atoms with E-state index in [4.69, 9.17) is 16.3 Å². The van der Waals surface area contributed by atoms with Crippen molar-refractivity contribution in [1.29, 1.82) is 0 Å². The molecule has 3 rings (SSSR count). The largest absolute Gasteiger partial charge is 0.497 e. The number of rotatable bonds is 8. The Hall–Kier alpha value is -3.03. The second-order valence-corrected chi connectivity index (χ2v) is 9.74. The van der Waals surface area contributed by atoms with Gasteiger partial charge in [0.25, 0.3) is 10.0 Å². The second kappa shape index (κ2) is 10.1. The molecule has 0 aliphatic rings. The number of halogens is 1. The highest BCUT2D eigenvalue weighted by Gasteiger charge is 2.21. The molecule has 0 radical (unpaired) electrons. The second-order valence-electron chi connectivity index (χ2n) is 7.33. The average molecular weight is 473 g/mol. The maximum atomic E-state index is 12.8. The molecule has 0 aliphatic carbocycles. The van der Waals surface area contributed by atoms with Crippen LogP contribution >= 0.6 is 11.6 Å². The Balaban J connectivity index is 1.63. The Kier molecular flexibility index (Phi) is 7.43. The van der Waals surface area contributed by atoms with E-state index in [0.717, 1.165) is 16.9 Å². The van der Waals surface area contributed by atoms with Crippen molar-refractivity contribution in [2.75, 3.05) is 18.5 Å². The Morgan fingerprint density at radius 3 is 2.16 bits per heavy atom. The number of carbonyl (C=O) groups excluding carboxylic acids is 1. The van der Waals surface area contributed by atoms with E-state index in [1.54, 1.807) is 31.4 Å². The van der Waals surface area contributed by atoms with Gasteiger partial charge in [-0.2, -0.15) is 0 Å². The van der Waals surface area contributed by atoms with Crippen LogP contribution in [-0.2, 0) is 21.2 Å². The molecular weight excluding hydrogens is 448 g/mol. The van der Waals surface area contributed by atoms with E-state index in [0.29, 0.717) is 10.7 Å². The van der Waals surface area contributed by atoms with Gasteiger partial charge in [-0.1, -0.05) is 35.9 Å². The normalized spacial score (nSPS) is 12.1. The molecule has 3 aromatic carbocycles. The highest BCUT2D eigenvalue weighted by atomic mass is 35.5. The van der Waals surface area contributed by atoms with Crippen LogP contribution < -0.4 is 14.4 Å². The summed E-state index contributed by atoms with van der Waals surface area (Å²) >= 11 is 5.85. The fourth-order valence-electron chi connectivity index (χ4n) is 3.18. The van der Waals surface area contributed by atoms with Crippen LogP contribution in [-0.4, -0.2) is 28.5 Å². The molecule has 0 heterocycles. The molecule has 32 heavy (non-hydrogen) atoms. The Labute approximate surface area is 193 Å². The molecule has 0 saturated heterocycles. The fourth-order valence-corrected chi connectivity index (χ4v) is 4.50. The number of anilines is 1. The number of methoxy groups -OCH3 is 1. The summed E-state index contributed by atoms with van der Waals surface area (Å²) in [5, 5.41) is 3.44. The van der Waals surface area contributed by atoms with Gasteiger partial charge in [0.1, 0.15) is 5.75 Å². The minimum atomic E-state index is -3.71. The number of hydrogen-bond donors (Lipinski definition) is 1. The molecule has 168 valence electrons. The van der Waals surface area contributed by atoms with Crippen LogP contribution in [0.5, 0.6) is 5.75 Å². The summed E-state index contributed by atoms with van der Waals surface area (Å²) in [6, 6.07) is 20.3. The van der Waals surface area contributed by atoms with Crippen molar-refractivity contribution in [3.63, 3.8) is 0 Å². The Morgan fingerprint density at radius 1 is 1.00 bits per heavy atom. The summed E-state index contributed by atoms with van der Waals surface area (Å²) < 4.78 is 32.0. The number of amides is 1. The van der Waals surface area contributed by atoms with E-state index in [1.165, 1.54) is 35.6 Å². The van der Waals surface area contributed by atoms with Gasteiger partial charge < -0.3 is 10.1 Å². The van der Waals surface area contributed by atoms with Crippen LogP contribution in [0.1, 0.15) is 24.1 Å². The third-order valence-corrected chi connectivity index (χ3v) is 7.18. The summed E-state index contributed by atoms with van der Waals surface area (Å²) in [5.41, 5.74) is 2.25. The molecule has 3 aromatic rings. The van der Waals surface area contributed by atoms with Gasteiger partial charge in [0.2, 0.25) is 5.91 Å². The van der Waals surface area contributed by atoms with E-state index in [9.17, 15) is 13.2 Å². The van der Waals surface area contributed by atoms with Crippen LogP contribution in [0.25, 0.3) is 0 Å². The SMILES string of the molecule is COc1ccc(C(C)NC(=O)Cc2ccc(N(C)S(=O)(=O)c3ccc(Cl)cc3)cc2)cc1. The molecule has 8 heteroatoms. The number of nitrogens with zero attached hydrogens (tertiary/aromatic N) is 1. The number of carbonyl (C=O) groups is 1. The third-order valence-electron chi connectivity index (χ3n) is 5.13. The minimum Gasteiger partial charge on any atom is -0.497 e. The van der Waals surface area contributed by atoms with E-state index < -0.39 is 10.0 Å². The lowest BCUT2D eigenvalue weighted by Crippen LogP contribution is -2.28. The molecule has 0 fully saturated rings. The summed E-state index contributed by atoms with van der Waals surface area (Å²) in [7, 11) is -0.614. The molecule has 1 N–H and O–H groups in total. The fraction of sp³-hybridized carbons (Fsp3) is 0.208. The average Bonchev–Trinajstić information content (AvgIpc) is 2.79. The van der Waals surface area contributed by atoms with Crippen molar-refractivity contribution in [3.05, 3.63) is 88.9 Å². The van der Waals surface area contributed by atoms with Crippen molar-refractivity contribution in [2.24, 2.45) is 0 Å². The van der Waals surface area contributed by atoms with E-state index >= 15 is 0 Å². The molecule has 0 aromatic heterocycles. The predicted molar refractivity (Wildman–Crippen MR) is 127 cm³/mol. The van der Waals surface area contributed by atoms with Crippen molar-refractivity contribution < 1.29 is 17.9 Å². The van der Waals surface area contributed by atoms with Gasteiger partial charge in [-0.3, -0.25) is 9.10 Å². The summed E-state index contributed by atoms with van der Waals surface area (Å²) in [6.45, 7) is 1.92. The highest BCUT2D eigenvalue weighted by molar-refractivity contribution is 7.92. The number of hydrogen-bond acceptors (Lipinski definition) is 4. The highest BCUT2D eigenvalue weighted by Crippen LogP contribution is 2.24. The zero-order valence-electron chi connectivity index (χ0n) is 18.1. The van der Waals surface area contributed by atoms with Crippen LogP contribution in [0.4, 0.5) is 5.69 Å². The van der Waals surface area contributed by atoms with Gasteiger partial charge in [0.05, 0.1) is 30.2 Å². The first-order valence-corrected chi connectivity index (χ1v) is 11.8. The van der Waals surface area contributed by atoms with Crippen LogP contribution in [0.15, 0.2) is 77.7 Å². The van der Waals surface area contributed by atoms with Crippen molar-refractivity contribution >= 4 is 33.2 Å². The molecule has 1 atom stereocenters. The van der Waals surface area contributed by atoms with Crippen LogP contribution in [0, 0.1) is 0 Å². The zero-order valence-corrected chi connectivity index (χ0v) is 19.7. The minimum absolute atomic E-state index is 0.122. The van der Waals surface area contributed by atoms with Crippen molar-refractivity contribution in [1.82, 2.24) is 5.32 Å². The molecule has 6 nitrogen and oxygen atoms in total. The Bertz CT molecular complexity index is 1160. The first-order chi connectivity index (χ1) is 15.2. The molecule has 0 aliphatic heterocycles. The molecule has 0 saturated carbocycles. The summed E-state index contributed by atoms with van der Waals surface area (Å²) in [4.78, 5) is 12.6. The van der Waals surface area contributed by atoms with Gasteiger partial charge in [-0.15, -0.1) is 0 Å². The number of sulfonamides is 1. The van der Waals surface area contributed by atoms with E-state index in [-0.39, 0.29) is 23.3 Å². The van der Waals surface area contributed by atoms with Gasteiger partial charge in [0.15, 0.2) is 0 Å². The van der Waals surface area contributed by atoms with Crippen LogP contribution in [0.3, 0.4) is 0 Å². The number of ether oxygens (including phenoxy) is 1. The van der Waals surface area contributed by atoms with E-state index in [2.05, 4.69) is 5.32 Å². The lowest BCUT2D eigenvalue weighted by Gasteiger charge is -2.20. The van der Waals surface area contributed by atoms with E-state index in [1.807, 2.05) is 31.2 Å². The van der Waals surface area contributed by atoms with Crippen LogP contribution in [0.2, 0.25) is 5.02 Å². The van der Waals surface area contributed by atoms with Gasteiger partial charge >= 0.3 is 0 Å². The zero-order chi connectivity index (χ0) is 23.3. The summed E-state index contributed by atoms with van der Waals surface area (Å²) in [5.74, 6) is 0.638. The first-order valence-electron chi connectivity index (χ1n) is 9.97. The topological polar surface area (TPSA) is 75.7 Å². The number of nitrogens with one attached hydrogen (secondary N) is 1. The van der Waals surface area contributed by atoms with Gasteiger partial charge in [-0.25, -0.2) is 8.42 Å². The van der Waals surface area contributed by atoms with Gasteiger partial charge in [0, 0.05) is 12.1 Å². The predicted octanol–water partition coefficient (Wildman–Crippen LogP) is 4.59. The smallest absolute Gasteiger partial charge is 0.264 e. The molecule has 1 amide bonds. The lowest BCUT2D eigenvalue weighted by atomic mass is 10.1. The molecule has 0 bridgehead atoms. The Morgan fingerprint density at radius 2 is 1.59 bits per heavy atom. The number of benzene rings is 3.